The lowest BCUT2D eigenvalue weighted by molar-refractivity contribution is 0.0648. The number of ether oxygens (including phenoxy) is 1. The fourth-order valence-electron chi connectivity index (χ4n) is 2.34. The SMILES string of the molecule is C[Si]1(OCC2CCCO2)CCCC1. The van der Waals surface area contributed by atoms with E-state index >= 15 is 0 Å². The Morgan fingerprint density at radius 1 is 1.31 bits per heavy atom. The summed E-state index contributed by atoms with van der Waals surface area (Å²) in [5.41, 5.74) is 0. The van der Waals surface area contributed by atoms with Crippen molar-refractivity contribution in [3.63, 3.8) is 0 Å². The maximum atomic E-state index is 6.09. The average Bonchev–Trinajstić information content (AvgIpc) is 2.72. The second kappa shape index (κ2) is 4.11. The minimum absolute atomic E-state index is 0.421. The summed E-state index contributed by atoms with van der Waals surface area (Å²) in [6.45, 7) is 4.21. The van der Waals surface area contributed by atoms with E-state index in [4.69, 9.17) is 9.16 Å². The van der Waals surface area contributed by atoms with Crippen LogP contribution in [0.4, 0.5) is 0 Å². The number of hydrogen-bond donors (Lipinski definition) is 0. The van der Waals surface area contributed by atoms with E-state index in [9.17, 15) is 0 Å². The molecule has 2 aliphatic rings. The van der Waals surface area contributed by atoms with Crippen LogP contribution in [0.5, 0.6) is 0 Å². The molecule has 3 heteroatoms. The molecule has 13 heavy (non-hydrogen) atoms. The van der Waals surface area contributed by atoms with Crippen molar-refractivity contribution in [1.82, 2.24) is 0 Å². The predicted molar refractivity (Wildman–Crippen MR) is 55.4 cm³/mol. The number of rotatable bonds is 3. The van der Waals surface area contributed by atoms with Gasteiger partial charge in [-0.2, -0.15) is 0 Å². The molecular weight excluding hydrogens is 180 g/mol. The Morgan fingerprint density at radius 3 is 2.69 bits per heavy atom. The first-order valence-electron chi connectivity index (χ1n) is 5.54. The Labute approximate surface area is 81.7 Å². The van der Waals surface area contributed by atoms with Gasteiger partial charge in [-0.1, -0.05) is 12.8 Å². The van der Waals surface area contributed by atoms with Crippen molar-refractivity contribution >= 4 is 8.32 Å². The predicted octanol–water partition coefficient (Wildman–Crippen LogP) is 2.55. The van der Waals surface area contributed by atoms with Crippen molar-refractivity contribution < 1.29 is 9.16 Å². The summed E-state index contributed by atoms with van der Waals surface area (Å²) >= 11 is 0. The van der Waals surface area contributed by atoms with E-state index in [2.05, 4.69) is 6.55 Å². The molecule has 2 heterocycles. The smallest absolute Gasteiger partial charge is 0.189 e. The van der Waals surface area contributed by atoms with Gasteiger partial charge in [0.1, 0.15) is 0 Å². The molecule has 2 rings (SSSR count). The van der Waals surface area contributed by atoms with E-state index in [1.54, 1.807) is 0 Å². The van der Waals surface area contributed by atoms with E-state index in [1.807, 2.05) is 0 Å². The monoisotopic (exact) mass is 200 g/mol. The lowest BCUT2D eigenvalue weighted by Gasteiger charge is -2.23. The first-order chi connectivity index (χ1) is 6.29. The van der Waals surface area contributed by atoms with E-state index in [1.165, 1.54) is 37.8 Å². The van der Waals surface area contributed by atoms with Crippen LogP contribution in [-0.4, -0.2) is 27.6 Å². The van der Waals surface area contributed by atoms with Crippen molar-refractivity contribution in [1.29, 1.82) is 0 Å². The molecule has 1 unspecified atom stereocenters. The Morgan fingerprint density at radius 2 is 2.08 bits per heavy atom. The molecule has 0 bridgehead atoms. The summed E-state index contributed by atoms with van der Waals surface area (Å²) in [6.07, 6.45) is 5.66. The molecule has 0 radical (unpaired) electrons. The molecule has 0 aliphatic carbocycles. The molecule has 2 saturated heterocycles. The minimum atomic E-state index is -1.23. The molecular formula is C10H20O2Si. The van der Waals surface area contributed by atoms with Crippen LogP contribution in [0, 0.1) is 0 Å². The summed E-state index contributed by atoms with van der Waals surface area (Å²) in [4.78, 5) is 0. The van der Waals surface area contributed by atoms with E-state index < -0.39 is 8.32 Å². The first kappa shape index (κ1) is 9.68. The lowest BCUT2D eigenvalue weighted by atomic mass is 10.2. The van der Waals surface area contributed by atoms with Crippen LogP contribution in [0.2, 0.25) is 18.6 Å². The van der Waals surface area contributed by atoms with E-state index in [0.717, 1.165) is 13.2 Å². The van der Waals surface area contributed by atoms with Crippen LogP contribution < -0.4 is 0 Å². The van der Waals surface area contributed by atoms with Gasteiger partial charge in [0, 0.05) is 6.61 Å². The zero-order valence-corrected chi connectivity index (χ0v) is 9.55. The average molecular weight is 200 g/mol. The summed E-state index contributed by atoms with van der Waals surface area (Å²) in [6, 6.07) is 2.75. The van der Waals surface area contributed by atoms with Gasteiger partial charge < -0.3 is 9.16 Å². The number of hydrogen-bond acceptors (Lipinski definition) is 2. The first-order valence-corrected chi connectivity index (χ1v) is 8.36. The molecule has 1 atom stereocenters. The molecule has 2 fully saturated rings. The van der Waals surface area contributed by atoms with Crippen molar-refractivity contribution in [3.8, 4) is 0 Å². The standard InChI is InChI=1S/C10H20O2Si/c1-13(7-2-3-8-13)12-9-10-5-4-6-11-10/h10H,2-9H2,1H3. The van der Waals surface area contributed by atoms with Crippen LogP contribution in [0.3, 0.4) is 0 Å². The van der Waals surface area contributed by atoms with Gasteiger partial charge in [0.15, 0.2) is 8.32 Å². The Balaban J connectivity index is 1.71. The van der Waals surface area contributed by atoms with Gasteiger partial charge in [-0.3, -0.25) is 0 Å². The van der Waals surface area contributed by atoms with Crippen LogP contribution in [0.25, 0.3) is 0 Å². The van der Waals surface area contributed by atoms with Gasteiger partial charge in [0.05, 0.1) is 12.7 Å². The molecule has 2 aliphatic heterocycles. The minimum Gasteiger partial charge on any atom is -0.414 e. The van der Waals surface area contributed by atoms with Crippen LogP contribution >= 0.6 is 0 Å². The molecule has 2 nitrogen and oxygen atoms in total. The third-order valence-electron chi connectivity index (χ3n) is 3.30. The highest BCUT2D eigenvalue weighted by Gasteiger charge is 2.34. The molecule has 0 spiro atoms. The van der Waals surface area contributed by atoms with Crippen LogP contribution in [0.1, 0.15) is 25.7 Å². The fraction of sp³-hybridized carbons (Fsp3) is 1.00. The van der Waals surface area contributed by atoms with Crippen molar-refractivity contribution in [2.45, 2.75) is 50.4 Å². The van der Waals surface area contributed by atoms with Gasteiger partial charge in [-0.05, 0) is 31.5 Å². The lowest BCUT2D eigenvalue weighted by Crippen LogP contribution is -2.33. The Bertz CT molecular complexity index is 160. The van der Waals surface area contributed by atoms with Crippen molar-refractivity contribution in [3.05, 3.63) is 0 Å². The van der Waals surface area contributed by atoms with Crippen LogP contribution in [0.15, 0.2) is 0 Å². The largest absolute Gasteiger partial charge is 0.414 e. The van der Waals surface area contributed by atoms with Crippen molar-refractivity contribution in [2.75, 3.05) is 13.2 Å². The zero-order valence-electron chi connectivity index (χ0n) is 8.55. The van der Waals surface area contributed by atoms with Gasteiger partial charge in [0.25, 0.3) is 0 Å². The molecule has 0 aromatic carbocycles. The summed E-state index contributed by atoms with van der Waals surface area (Å²) in [5.74, 6) is 0. The third kappa shape index (κ3) is 2.54. The highest BCUT2D eigenvalue weighted by Crippen LogP contribution is 2.31. The van der Waals surface area contributed by atoms with Gasteiger partial charge in [-0.25, -0.2) is 0 Å². The molecule has 0 amide bonds. The topological polar surface area (TPSA) is 18.5 Å². The third-order valence-corrected chi connectivity index (χ3v) is 6.99. The second-order valence-electron chi connectivity index (χ2n) is 4.60. The van der Waals surface area contributed by atoms with E-state index in [0.29, 0.717) is 6.10 Å². The van der Waals surface area contributed by atoms with Gasteiger partial charge in [-0.15, -0.1) is 0 Å². The van der Waals surface area contributed by atoms with Crippen molar-refractivity contribution in [2.24, 2.45) is 0 Å². The Kier molecular flexibility index (Phi) is 3.06. The highest BCUT2D eigenvalue weighted by atomic mass is 28.4. The normalized spacial score (nSPS) is 32.5. The molecule has 76 valence electrons. The quantitative estimate of drug-likeness (QED) is 0.652. The maximum absolute atomic E-state index is 6.09. The van der Waals surface area contributed by atoms with Gasteiger partial charge in [0.2, 0.25) is 0 Å². The summed E-state index contributed by atoms with van der Waals surface area (Å²) in [5, 5.41) is 0. The second-order valence-corrected chi connectivity index (χ2v) is 8.79. The summed E-state index contributed by atoms with van der Waals surface area (Å²) in [7, 11) is -1.23. The van der Waals surface area contributed by atoms with Gasteiger partial charge >= 0.3 is 0 Å². The highest BCUT2D eigenvalue weighted by molar-refractivity contribution is 6.73. The Hall–Kier alpha value is 0.137. The molecule has 0 N–H and O–H groups in total. The zero-order chi connectivity index (χ0) is 9.15. The molecule has 0 aromatic rings. The maximum Gasteiger partial charge on any atom is 0.189 e. The molecule has 0 aromatic heterocycles. The fourth-order valence-corrected chi connectivity index (χ4v) is 5.46. The molecule has 0 saturated carbocycles. The van der Waals surface area contributed by atoms with Crippen LogP contribution in [-0.2, 0) is 9.16 Å². The van der Waals surface area contributed by atoms with E-state index in [-0.39, 0.29) is 0 Å². The summed E-state index contributed by atoms with van der Waals surface area (Å²) < 4.78 is 11.6.